The summed E-state index contributed by atoms with van der Waals surface area (Å²) in [6, 6.07) is 8.15. The molecule has 1 N–H and O–H groups in total. The lowest BCUT2D eigenvalue weighted by Gasteiger charge is -2.22. The number of carbonyl (C=O) groups excluding carboxylic acids is 2. The Morgan fingerprint density at radius 1 is 1.07 bits per heavy atom. The number of rotatable bonds is 6. The molecule has 144 valence electrons. The number of benzene rings is 2. The molecule has 3 rings (SSSR count). The maximum Gasteiger partial charge on any atom is 0.198 e. The molecule has 0 heterocycles. The Morgan fingerprint density at radius 3 is 2.22 bits per heavy atom. The van der Waals surface area contributed by atoms with Gasteiger partial charge in [0.2, 0.25) is 0 Å². The van der Waals surface area contributed by atoms with E-state index >= 15 is 0 Å². The average Bonchev–Trinajstić information content (AvgIpc) is 2.63. The fourth-order valence-electron chi connectivity index (χ4n) is 3.07. The van der Waals surface area contributed by atoms with Gasteiger partial charge in [-0.2, -0.15) is 0 Å². The Hall–Kier alpha value is -2.08. The van der Waals surface area contributed by atoms with Gasteiger partial charge in [0, 0.05) is 23.2 Å². The number of alkyl halides is 1. The molecule has 0 aliphatic heterocycles. The summed E-state index contributed by atoms with van der Waals surface area (Å²) < 4.78 is 5.82. The number of ketones is 2. The van der Waals surface area contributed by atoms with Crippen molar-refractivity contribution in [3.8, 4) is 11.5 Å². The molecule has 0 bridgehead atoms. The quantitative estimate of drug-likeness (QED) is 0.496. The lowest BCUT2D eigenvalue weighted by atomic mass is 9.82. The highest BCUT2D eigenvalue weighted by molar-refractivity contribution is 6.30. The Kier molecular flexibility index (Phi) is 6.87. The summed E-state index contributed by atoms with van der Waals surface area (Å²) in [5, 5.41) is 10.5. The third kappa shape index (κ3) is 3.95. The van der Waals surface area contributed by atoms with Crippen LogP contribution in [0.3, 0.4) is 0 Å². The van der Waals surface area contributed by atoms with Crippen molar-refractivity contribution in [1.29, 1.82) is 0 Å². The van der Waals surface area contributed by atoms with Gasteiger partial charge < -0.3 is 14.7 Å². The molecule has 1 aliphatic carbocycles. The van der Waals surface area contributed by atoms with Crippen LogP contribution in [0.4, 0.5) is 0 Å². The lowest BCUT2D eigenvalue weighted by molar-refractivity contribution is 0.0972. The van der Waals surface area contributed by atoms with Gasteiger partial charge in [-0.1, -0.05) is 24.3 Å². The first kappa shape index (κ1) is 21.2. The van der Waals surface area contributed by atoms with Crippen LogP contribution < -0.4 is 4.74 Å². The number of hydrogen-bond acceptors (Lipinski definition) is 5. The Morgan fingerprint density at radius 2 is 1.67 bits per heavy atom. The minimum Gasteiger partial charge on any atom is -0.507 e. The largest absolute Gasteiger partial charge is 0.507 e. The summed E-state index contributed by atoms with van der Waals surface area (Å²) in [5.41, 5.74) is 1.07. The van der Waals surface area contributed by atoms with Crippen LogP contribution in [0, 0.1) is 0 Å². The zero-order valence-electron chi connectivity index (χ0n) is 15.1. The Labute approximate surface area is 169 Å². The van der Waals surface area contributed by atoms with Crippen LogP contribution in [0.1, 0.15) is 43.8 Å². The summed E-state index contributed by atoms with van der Waals surface area (Å²) in [6.07, 6.45) is 0.761. The predicted octanol–water partition coefficient (Wildman–Crippen LogP) is 3.66. The molecule has 1 aliphatic rings. The molecule has 0 atom stereocenters. The highest BCUT2D eigenvalue weighted by Crippen LogP contribution is 2.41. The highest BCUT2D eigenvalue weighted by atomic mass is 35.5. The fraction of sp³-hybridized carbons (Fsp3) is 0.300. The van der Waals surface area contributed by atoms with Crippen LogP contribution >= 0.6 is 24.0 Å². The summed E-state index contributed by atoms with van der Waals surface area (Å²) in [5.74, 6) is -0.661. The number of carbonyl (C=O) groups is 2. The molecule has 2 aromatic rings. The molecule has 0 saturated carbocycles. The second-order valence-electron chi connectivity index (χ2n) is 6.48. The molecular weight excluding hydrogens is 389 g/mol. The van der Waals surface area contributed by atoms with Gasteiger partial charge >= 0.3 is 0 Å². The van der Waals surface area contributed by atoms with Gasteiger partial charge in [0.05, 0.1) is 23.6 Å². The van der Waals surface area contributed by atoms with Gasteiger partial charge in [0.15, 0.2) is 11.6 Å². The third-order valence-corrected chi connectivity index (χ3v) is 4.65. The molecule has 0 fully saturated rings. The number of nitrogens with zero attached hydrogens (tertiary/aromatic N) is 1. The van der Waals surface area contributed by atoms with E-state index in [2.05, 4.69) is 0 Å². The lowest BCUT2D eigenvalue weighted by Crippen LogP contribution is -2.23. The van der Waals surface area contributed by atoms with Crippen molar-refractivity contribution in [3.63, 3.8) is 0 Å². The highest BCUT2D eigenvalue weighted by Gasteiger charge is 2.35. The molecule has 0 aromatic heterocycles. The molecule has 0 unspecified atom stereocenters. The van der Waals surface area contributed by atoms with Crippen LogP contribution in [-0.4, -0.2) is 48.8 Å². The summed E-state index contributed by atoms with van der Waals surface area (Å²) >= 11 is 5.92. The molecular formula is C20H21Cl2NO4. The number of phenols is 1. The van der Waals surface area contributed by atoms with Crippen molar-refractivity contribution >= 4 is 35.6 Å². The van der Waals surface area contributed by atoms with Crippen LogP contribution in [0.25, 0.3) is 0 Å². The van der Waals surface area contributed by atoms with Gasteiger partial charge in [-0.25, -0.2) is 0 Å². The second-order valence-corrected chi connectivity index (χ2v) is 6.74. The normalized spacial score (nSPS) is 12.4. The number of halogens is 2. The fourth-order valence-corrected chi connectivity index (χ4v) is 3.28. The van der Waals surface area contributed by atoms with Gasteiger partial charge in [-0.05, 0) is 26.6 Å². The molecule has 0 saturated heterocycles. The molecule has 0 radical (unpaired) electrons. The first-order valence-electron chi connectivity index (χ1n) is 8.36. The van der Waals surface area contributed by atoms with Gasteiger partial charge in [0.1, 0.15) is 11.5 Å². The van der Waals surface area contributed by atoms with Crippen molar-refractivity contribution in [2.24, 2.45) is 0 Å². The minimum absolute atomic E-state index is 0. The molecule has 0 spiro atoms. The Bertz CT molecular complexity index is 881. The Balaban J connectivity index is 0.00000261. The molecule has 7 heteroatoms. The topological polar surface area (TPSA) is 66.8 Å². The zero-order valence-corrected chi connectivity index (χ0v) is 16.7. The number of hydrogen-bond donors (Lipinski definition) is 1. The van der Waals surface area contributed by atoms with Crippen molar-refractivity contribution in [3.05, 3.63) is 58.1 Å². The minimum atomic E-state index is -0.391. The van der Waals surface area contributed by atoms with Crippen LogP contribution in [0.15, 0.2) is 30.3 Å². The second kappa shape index (κ2) is 8.74. The number of fused-ring (bicyclic) bond motifs is 2. The van der Waals surface area contributed by atoms with E-state index in [0.717, 1.165) is 13.0 Å². The van der Waals surface area contributed by atoms with Crippen LogP contribution in [0.2, 0.25) is 0 Å². The van der Waals surface area contributed by atoms with E-state index in [1.54, 1.807) is 30.3 Å². The smallest absolute Gasteiger partial charge is 0.198 e. The van der Waals surface area contributed by atoms with Crippen LogP contribution in [0.5, 0.6) is 11.5 Å². The maximum atomic E-state index is 13.0. The van der Waals surface area contributed by atoms with Crippen LogP contribution in [-0.2, 0) is 5.88 Å². The van der Waals surface area contributed by atoms with Gasteiger partial charge in [-0.15, -0.1) is 24.0 Å². The molecule has 5 nitrogen and oxygen atoms in total. The zero-order chi connectivity index (χ0) is 18.8. The van der Waals surface area contributed by atoms with E-state index in [1.165, 1.54) is 0 Å². The average molecular weight is 410 g/mol. The summed E-state index contributed by atoms with van der Waals surface area (Å²) in [4.78, 5) is 27.9. The van der Waals surface area contributed by atoms with Gasteiger partial charge in [0.25, 0.3) is 0 Å². The van der Waals surface area contributed by atoms with Gasteiger partial charge in [-0.3, -0.25) is 9.59 Å². The number of aromatic hydroxyl groups is 1. The van der Waals surface area contributed by atoms with E-state index in [4.69, 9.17) is 16.3 Å². The first-order chi connectivity index (χ1) is 12.5. The standard InChI is InChI=1S/C20H20ClNO4.ClH/c1-22(2)8-5-9-26-15-10-12(11-21)18(23)17-16(15)19(24)13-6-3-4-7-14(13)20(17)25;/h3-4,6-7,10,23H,5,8-9,11H2,1-2H3;1H. The maximum absolute atomic E-state index is 13.0. The summed E-state index contributed by atoms with van der Waals surface area (Å²) in [6.45, 7) is 1.22. The van der Waals surface area contributed by atoms with Crippen molar-refractivity contribution in [1.82, 2.24) is 4.90 Å². The summed E-state index contributed by atoms with van der Waals surface area (Å²) in [7, 11) is 3.93. The number of phenolic OH excluding ortho intramolecular Hbond substituents is 1. The third-order valence-electron chi connectivity index (χ3n) is 4.36. The van der Waals surface area contributed by atoms with Crippen molar-refractivity contribution < 1.29 is 19.4 Å². The number of ether oxygens (including phenoxy) is 1. The first-order valence-corrected chi connectivity index (χ1v) is 8.90. The molecule has 2 aromatic carbocycles. The van der Waals surface area contributed by atoms with Crippen molar-refractivity contribution in [2.45, 2.75) is 12.3 Å². The van der Waals surface area contributed by atoms with E-state index in [9.17, 15) is 14.7 Å². The van der Waals surface area contributed by atoms with E-state index in [1.807, 2.05) is 19.0 Å². The van der Waals surface area contributed by atoms with E-state index < -0.39 is 5.78 Å². The molecule has 27 heavy (non-hydrogen) atoms. The molecule has 0 amide bonds. The predicted molar refractivity (Wildman–Crippen MR) is 107 cm³/mol. The van der Waals surface area contributed by atoms with E-state index in [0.29, 0.717) is 23.5 Å². The van der Waals surface area contributed by atoms with E-state index in [-0.39, 0.29) is 46.5 Å². The SMILES string of the molecule is CN(C)CCCOc1cc(CCl)c(O)c2c1C(=O)c1ccccc1C2=O.Cl. The van der Waals surface area contributed by atoms with Crippen molar-refractivity contribution in [2.75, 3.05) is 27.2 Å². The monoisotopic (exact) mass is 409 g/mol.